The Morgan fingerprint density at radius 3 is 2.42 bits per heavy atom. The van der Waals surface area contributed by atoms with Crippen molar-refractivity contribution in [2.45, 2.75) is 6.61 Å². The molecule has 0 N–H and O–H groups in total. The van der Waals surface area contributed by atoms with Gasteiger partial charge in [0.25, 0.3) is 0 Å². The number of rotatable bonds is 5. The molecule has 5 nitrogen and oxygen atoms in total. The van der Waals surface area contributed by atoms with Crippen LogP contribution in [-0.2, 0) is 11.3 Å². The average Bonchev–Trinajstić information content (AvgIpc) is 3.09. The van der Waals surface area contributed by atoms with Crippen molar-refractivity contribution in [3.63, 3.8) is 0 Å². The van der Waals surface area contributed by atoms with E-state index in [1.54, 1.807) is 60.7 Å². The Labute approximate surface area is 188 Å². The van der Waals surface area contributed by atoms with Crippen molar-refractivity contribution >= 4 is 41.0 Å². The lowest BCUT2D eigenvalue weighted by atomic mass is 10.1. The monoisotopic (exact) mass is 454 g/mol. The van der Waals surface area contributed by atoms with Crippen LogP contribution in [0, 0.1) is 0 Å². The molecule has 0 saturated carbocycles. The number of hydrogen-bond donors (Lipinski definition) is 0. The number of halogens is 2. The number of methoxy groups -OCH3 is 1. The summed E-state index contributed by atoms with van der Waals surface area (Å²) < 4.78 is 16.2. The predicted octanol–water partition coefficient (Wildman–Crippen LogP) is 5.98. The molecule has 3 aromatic carbocycles. The number of allylic oxidation sites excluding steroid dienone is 1. The van der Waals surface area contributed by atoms with Crippen molar-refractivity contribution < 1.29 is 23.8 Å². The Morgan fingerprint density at radius 1 is 1.03 bits per heavy atom. The highest BCUT2D eigenvalue weighted by molar-refractivity contribution is 6.37. The summed E-state index contributed by atoms with van der Waals surface area (Å²) in [7, 11) is 1.34. The first kappa shape index (κ1) is 21.0. The molecule has 3 aromatic rings. The lowest BCUT2D eigenvalue weighted by molar-refractivity contribution is 0.0600. The van der Waals surface area contributed by atoms with E-state index in [0.717, 1.165) is 5.56 Å². The fraction of sp³-hybridized carbons (Fsp3) is 0.0833. The molecule has 1 aliphatic heterocycles. The molecule has 156 valence electrons. The Bertz CT molecular complexity index is 1180. The van der Waals surface area contributed by atoms with Crippen molar-refractivity contribution in [3.8, 4) is 11.5 Å². The second-order valence-corrected chi connectivity index (χ2v) is 7.52. The molecule has 0 amide bonds. The zero-order chi connectivity index (χ0) is 22.0. The van der Waals surface area contributed by atoms with Crippen LogP contribution in [0.1, 0.15) is 31.8 Å². The van der Waals surface area contributed by atoms with Crippen LogP contribution < -0.4 is 9.47 Å². The topological polar surface area (TPSA) is 61.8 Å². The average molecular weight is 455 g/mol. The fourth-order valence-electron chi connectivity index (χ4n) is 3.06. The summed E-state index contributed by atoms with van der Waals surface area (Å²) in [6.07, 6.45) is 1.54. The zero-order valence-corrected chi connectivity index (χ0v) is 17.9. The number of benzene rings is 3. The Hall–Kier alpha value is -3.28. The van der Waals surface area contributed by atoms with E-state index in [9.17, 15) is 9.59 Å². The van der Waals surface area contributed by atoms with E-state index >= 15 is 0 Å². The highest BCUT2D eigenvalue weighted by Crippen LogP contribution is 2.36. The summed E-state index contributed by atoms with van der Waals surface area (Å²) in [6.45, 7) is 0.284. The highest BCUT2D eigenvalue weighted by Gasteiger charge is 2.28. The minimum atomic E-state index is -0.394. The predicted molar refractivity (Wildman–Crippen MR) is 118 cm³/mol. The van der Waals surface area contributed by atoms with Crippen molar-refractivity contribution in [3.05, 3.63) is 98.7 Å². The first-order valence-corrected chi connectivity index (χ1v) is 10.0. The van der Waals surface area contributed by atoms with E-state index in [0.29, 0.717) is 38.2 Å². The number of hydrogen-bond acceptors (Lipinski definition) is 5. The third-order valence-electron chi connectivity index (χ3n) is 4.70. The van der Waals surface area contributed by atoms with Crippen LogP contribution in [-0.4, -0.2) is 18.9 Å². The SMILES string of the molecule is COC(=O)c1ccc(COc2ccc3c(c2)OC(=Cc2c(Cl)cccc2Cl)C3=O)cc1. The molecule has 4 rings (SSSR count). The van der Waals surface area contributed by atoms with Crippen LogP contribution in [0.2, 0.25) is 10.0 Å². The Balaban J connectivity index is 1.48. The summed E-state index contributed by atoms with van der Waals surface area (Å²) in [6, 6.07) is 17.0. The molecule has 31 heavy (non-hydrogen) atoms. The van der Waals surface area contributed by atoms with E-state index in [1.165, 1.54) is 13.2 Å². The summed E-state index contributed by atoms with van der Waals surface area (Å²) in [5, 5.41) is 0.851. The van der Waals surface area contributed by atoms with E-state index in [4.69, 9.17) is 32.7 Å². The van der Waals surface area contributed by atoms with E-state index in [2.05, 4.69) is 4.74 Å². The van der Waals surface area contributed by atoms with Crippen LogP contribution in [0.4, 0.5) is 0 Å². The molecule has 1 heterocycles. The minimum Gasteiger partial charge on any atom is -0.489 e. The van der Waals surface area contributed by atoms with Gasteiger partial charge in [-0.1, -0.05) is 41.4 Å². The molecule has 0 unspecified atom stereocenters. The molecule has 0 fully saturated rings. The molecule has 0 atom stereocenters. The molecular weight excluding hydrogens is 439 g/mol. The first-order chi connectivity index (χ1) is 15.0. The van der Waals surface area contributed by atoms with Crippen molar-refractivity contribution in [2.75, 3.05) is 7.11 Å². The summed E-state index contributed by atoms with van der Waals surface area (Å²) in [5.41, 5.74) is 2.30. The van der Waals surface area contributed by atoms with Gasteiger partial charge < -0.3 is 14.2 Å². The zero-order valence-electron chi connectivity index (χ0n) is 16.4. The van der Waals surface area contributed by atoms with Crippen molar-refractivity contribution in [1.82, 2.24) is 0 Å². The number of fused-ring (bicyclic) bond motifs is 1. The number of ether oxygens (including phenoxy) is 3. The molecule has 0 aliphatic carbocycles. The number of carbonyl (C=O) groups is 2. The van der Waals surface area contributed by atoms with Crippen molar-refractivity contribution in [1.29, 1.82) is 0 Å². The molecule has 0 spiro atoms. The van der Waals surface area contributed by atoms with Gasteiger partial charge >= 0.3 is 5.97 Å². The van der Waals surface area contributed by atoms with Crippen molar-refractivity contribution in [2.24, 2.45) is 0 Å². The lowest BCUT2D eigenvalue weighted by Gasteiger charge is -2.08. The second-order valence-electron chi connectivity index (χ2n) is 6.71. The maximum absolute atomic E-state index is 12.7. The quantitative estimate of drug-likeness (QED) is 0.350. The second kappa shape index (κ2) is 8.84. The first-order valence-electron chi connectivity index (χ1n) is 9.28. The summed E-state index contributed by atoms with van der Waals surface area (Å²) >= 11 is 12.4. The lowest BCUT2D eigenvalue weighted by Crippen LogP contribution is -2.02. The molecule has 7 heteroatoms. The molecule has 0 radical (unpaired) electrons. The van der Waals surface area contributed by atoms with Gasteiger partial charge in [0.15, 0.2) is 5.76 Å². The minimum absolute atomic E-state index is 0.139. The van der Waals surface area contributed by atoms with Gasteiger partial charge in [-0.2, -0.15) is 0 Å². The van der Waals surface area contributed by atoms with Gasteiger partial charge in [0.2, 0.25) is 5.78 Å². The maximum Gasteiger partial charge on any atom is 0.337 e. The van der Waals surface area contributed by atoms with Crippen LogP contribution in [0.15, 0.2) is 66.4 Å². The summed E-state index contributed by atoms with van der Waals surface area (Å²) in [5.74, 6) is 0.435. The standard InChI is InChI=1S/C24H16Cl2O5/c1-29-24(28)15-7-5-14(6-8-15)13-30-16-9-10-17-21(11-16)31-22(23(17)27)12-18-19(25)3-2-4-20(18)26/h2-12H,13H2,1H3. The molecule has 0 aromatic heterocycles. The highest BCUT2D eigenvalue weighted by atomic mass is 35.5. The van der Waals surface area contributed by atoms with Gasteiger partial charge in [0.1, 0.15) is 18.1 Å². The van der Waals surface area contributed by atoms with Gasteiger partial charge in [-0.3, -0.25) is 4.79 Å². The van der Waals surface area contributed by atoms with Gasteiger partial charge in [0, 0.05) is 21.7 Å². The fourth-order valence-corrected chi connectivity index (χ4v) is 3.56. The normalized spacial score (nSPS) is 13.6. The van der Waals surface area contributed by atoms with Crippen LogP contribution >= 0.6 is 23.2 Å². The Kier molecular flexibility index (Phi) is 5.98. The van der Waals surface area contributed by atoms with Gasteiger partial charge in [-0.05, 0) is 48.0 Å². The van der Waals surface area contributed by atoms with E-state index in [-0.39, 0.29) is 18.1 Å². The molecular formula is C24H16Cl2O5. The number of carbonyl (C=O) groups excluding carboxylic acids is 2. The molecule has 0 bridgehead atoms. The third-order valence-corrected chi connectivity index (χ3v) is 5.36. The maximum atomic E-state index is 12.7. The van der Waals surface area contributed by atoms with E-state index < -0.39 is 5.97 Å². The van der Waals surface area contributed by atoms with Crippen LogP contribution in [0.25, 0.3) is 6.08 Å². The van der Waals surface area contributed by atoms with Gasteiger partial charge in [0.05, 0.1) is 18.2 Å². The summed E-state index contributed by atoms with van der Waals surface area (Å²) in [4.78, 5) is 24.2. The number of Topliss-reactive ketones (excluding diaryl/α,β-unsaturated/α-hetero) is 1. The van der Waals surface area contributed by atoms with Crippen LogP contribution in [0.5, 0.6) is 11.5 Å². The number of esters is 1. The Morgan fingerprint density at radius 2 is 1.74 bits per heavy atom. The van der Waals surface area contributed by atoms with Gasteiger partial charge in [-0.15, -0.1) is 0 Å². The molecule has 1 aliphatic rings. The van der Waals surface area contributed by atoms with E-state index in [1.807, 2.05) is 0 Å². The van der Waals surface area contributed by atoms with Gasteiger partial charge in [-0.25, -0.2) is 4.79 Å². The molecule has 0 saturated heterocycles. The smallest absolute Gasteiger partial charge is 0.337 e. The van der Waals surface area contributed by atoms with Crippen LogP contribution in [0.3, 0.4) is 0 Å². The largest absolute Gasteiger partial charge is 0.489 e. The number of ketones is 1. The third kappa shape index (κ3) is 4.43.